The van der Waals surface area contributed by atoms with Gasteiger partial charge in [0.05, 0.1) is 7.11 Å². The molecule has 3 nitrogen and oxygen atoms in total. The van der Waals surface area contributed by atoms with Crippen LogP contribution in [0.1, 0.15) is 20.8 Å². The van der Waals surface area contributed by atoms with Crippen LogP contribution in [0.3, 0.4) is 0 Å². The van der Waals surface area contributed by atoms with Gasteiger partial charge in [0, 0.05) is 11.8 Å². The molecular formula is C11H17NO2. The summed E-state index contributed by atoms with van der Waals surface area (Å²) in [4.78, 5) is 0. The largest absolute Gasteiger partial charge is 0.493 e. The molecule has 0 radical (unpaired) electrons. The van der Waals surface area contributed by atoms with Crippen molar-refractivity contribution in [3.8, 4) is 11.5 Å². The fraction of sp³-hybridized carbons (Fsp3) is 0.455. The molecule has 0 aliphatic heterocycles. The number of hydrogen-bond donors (Lipinski definition) is 1. The van der Waals surface area contributed by atoms with Gasteiger partial charge in [-0.1, -0.05) is 0 Å². The predicted octanol–water partition coefficient (Wildman–Crippen LogP) is 2.45. The van der Waals surface area contributed by atoms with E-state index in [9.17, 15) is 0 Å². The van der Waals surface area contributed by atoms with Crippen molar-refractivity contribution in [2.75, 3.05) is 12.8 Å². The maximum Gasteiger partial charge on any atom is 0.162 e. The molecule has 0 heterocycles. The van der Waals surface area contributed by atoms with Crippen molar-refractivity contribution in [1.29, 1.82) is 0 Å². The third kappa shape index (κ3) is 2.83. The van der Waals surface area contributed by atoms with Gasteiger partial charge in [-0.05, 0) is 32.9 Å². The zero-order valence-electron chi connectivity index (χ0n) is 9.13. The Morgan fingerprint density at radius 3 is 2.29 bits per heavy atom. The van der Waals surface area contributed by atoms with Crippen LogP contribution in [0.5, 0.6) is 11.5 Å². The minimum Gasteiger partial charge on any atom is -0.493 e. The van der Waals surface area contributed by atoms with Gasteiger partial charge in [0.25, 0.3) is 0 Å². The fourth-order valence-corrected chi connectivity index (χ4v) is 1.10. The lowest BCUT2D eigenvalue weighted by molar-refractivity contribution is 0.125. The first-order chi connectivity index (χ1) is 6.42. The Kier molecular flexibility index (Phi) is 2.89. The summed E-state index contributed by atoms with van der Waals surface area (Å²) in [7, 11) is 1.60. The van der Waals surface area contributed by atoms with E-state index >= 15 is 0 Å². The maximum atomic E-state index is 5.70. The number of methoxy groups -OCH3 is 1. The van der Waals surface area contributed by atoms with Gasteiger partial charge in [-0.25, -0.2) is 0 Å². The van der Waals surface area contributed by atoms with Gasteiger partial charge >= 0.3 is 0 Å². The average Bonchev–Trinajstić information content (AvgIpc) is 2.06. The molecule has 0 spiro atoms. The molecule has 0 saturated carbocycles. The standard InChI is InChI=1S/C11H17NO2/c1-11(2,3)14-9-6-5-8(12)7-10(9)13-4/h5-7H,12H2,1-4H3. The van der Waals surface area contributed by atoms with Crippen molar-refractivity contribution < 1.29 is 9.47 Å². The third-order valence-corrected chi connectivity index (χ3v) is 1.60. The molecule has 0 fully saturated rings. The molecule has 0 saturated heterocycles. The number of nitrogens with two attached hydrogens (primary N) is 1. The van der Waals surface area contributed by atoms with Crippen molar-refractivity contribution in [2.24, 2.45) is 0 Å². The second-order valence-corrected chi connectivity index (χ2v) is 4.12. The Labute approximate surface area is 84.8 Å². The summed E-state index contributed by atoms with van der Waals surface area (Å²) >= 11 is 0. The number of benzene rings is 1. The molecule has 0 unspecified atom stereocenters. The van der Waals surface area contributed by atoms with E-state index in [1.807, 2.05) is 26.8 Å². The molecule has 0 bridgehead atoms. The van der Waals surface area contributed by atoms with Gasteiger partial charge < -0.3 is 15.2 Å². The fourth-order valence-electron chi connectivity index (χ4n) is 1.10. The first kappa shape index (κ1) is 10.7. The number of anilines is 1. The normalized spacial score (nSPS) is 11.1. The number of ether oxygens (including phenoxy) is 2. The van der Waals surface area contributed by atoms with Gasteiger partial charge in [0.2, 0.25) is 0 Å². The smallest absolute Gasteiger partial charge is 0.162 e. The van der Waals surface area contributed by atoms with Crippen LogP contribution < -0.4 is 15.2 Å². The second-order valence-electron chi connectivity index (χ2n) is 4.12. The highest BCUT2D eigenvalue weighted by Gasteiger charge is 2.14. The Bertz CT molecular complexity index is 316. The summed E-state index contributed by atoms with van der Waals surface area (Å²) in [5.74, 6) is 1.38. The second kappa shape index (κ2) is 3.78. The van der Waals surface area contributed by atoms with E-state index in [0.717, 1.165) is 0 Å². The van der Waals surface area contributed by atoms with Crippen LogP contribution >= 0.6 is 0 Å². The lowest BCUT2D eigenvalue weighted by atomic mass is 10.2. The van der Waals surface area contributed by atoms with E-state index < -0.39 is 0 Å². The Hall–Kier alpha value is -1.38. The molecule has 0 amide bonds. The van der Waals surface area contributed by atoms with Crippen LogP contribution in [0.15, 0.2) is 18.2 Å². The quantitative estimate of drug-likeness (QED) is 0.737. The zero-order valence-corrected chi connectivity index (χ0v) is 9.13. The number of rotatable bonds is 2. The summed E-state index contributed by atoms with van der Waals surface area (Å²) < 4.78 is 10.9. The van der Waals surface area contributed by atoms with Crippen LogP contribution in [-0.2, 0) is 0 Å². The van der Waals surface area contributed by atoms with Crippen LogP contribution in [0, 0.1) is 0 Å². The summed E-state index contributed by atoms with van der Waals surface area (Å²) in [6.07, 6.45) is 0. The first-order valence-corrected chi connectivity index (χ1v) is 4.55. The monoisotopic (exact) mass is 195 g/mol. The lowest BCUT2D eigenvalue weighted by Gasteiger charge is -2.22. The van der Waals surface area contributed by atoms with E-state index in [1.54, 1.807) is 19.2 Å². The Balaban J connectivity index is 2.97. The predicted molar refractivity (Wildman–Crippen MR) is 57.8 cm³/mol. The number of nitrogen functional groups attached to an aromatic ring is 1. The highest BCUT2D eigenvalue weighted by atomic mass is 16.5. The number of hydrogen-bond acceptors (Lipinski definition) is 3. The summed E-state index contributed by atoms with van der Waals surface area (Å²) in [6, 6.07) is 5.37. The zero-order chi connectivity index (χ0) is 10.8. The van der Waals surface area contributed by atoms with E-state index in [1.165, 1.54) is 0 Å². The summed E-state index contributed by atoms with van der Waals surface area (Å²) in [6.45, 7) is 5.97. The van der Waals surface area contributed by atoms with Crippen LogP contribution in [0.25, 0.3) is 0 Å². The van der Waals surface area contributed by atoms with Gasteiger partial charge in [-0.2, -0.15) is 0 Å². The van der Waals surface area contributed by atoms with E-state index in [-0.39, 0.29) is 5.60 Å². The van der Waals surface area contributed by atoms with Gasteiger partial charge in [0.1, 0.15) is 5.60 Å². The highest BCUT2D eigenvalue weighted by Crippen LogP contribution is 2.31. The molecule has 0 aliphatic rings. The molecule has 1 aromatic carbocycles. The molecule has 0 aromatic heterocycles. The van der Waals surface area contributed by atoms with Gasteiger partial charge in [0.15, 0.2) is 11.5 Å². The molecule has 1 aromatic rings. The maximum absolute atomic E-state index is 5.70. The van der Waals surface area contributed by atoms with E-state index in [2.05, 4.69) is 0 Å². The highest BCUT2D eigenvalue weighted by molar-refractivity contribution is 5.52. The average molecular weight is 195 g/mol. The lowest BCUT2D eigenvalue weighted by Crippen LogP contribution is -2.23. The Morgan fingerprint density at radius 2 is 1.79 bits per heavy atom. The van der Waals surface area contributed by atoms with Crippen molar-refractivity contribution in [2.45, 2.75) is 26.4 Å². The van der Waals surface area contributed by atoms with Gasteiger partial charge in [-0.3, -0.25) is 0 Å². The Morgan fingerprint density at radius 1 is 1.14 bits per heavy atom. The molecule has 0 aliphatic carbocycles. The molecule has 1 rings (SSSR count). The van der Waals surface area contributed by atoms with Crippen molar-refractivity contribution in [3.05, 3.63) is 18.2 Å². The summed E-state index contributed by atoms with van der Waals surface area (Å²) in [5, 5.41) is 0. The van der Waals surface area contributed by atoms with E-state index in [4.69, 9.17) is 15.2 Å². The molecule has 0 atom stereocenters. The first-order valence-electron chi connectivity index (χ1n) is 4.55. The minimum atomic E-state index is -0.233. The van der Waals surface area contributed by atoms with Crippen LogP contribution in [0.4, 0.5) is 5.69 Å². The topological polar surface area (TPSA) is 44.5 Å². The third-order valence-electron chi connectivity index (χ3n) is 1.60. The molecule has 3 heteroatoms. The van der Waals surface area contributed by atoms with E-state index in [0.29, 0.717) is 17.2 Å². The summed E-state index contributed by atoms with van der Waals surface area (Å²) in [5.41, 5.74) is 6.07. The van der Waals surface area contributed by atoms with Crippen molar-refractivity contribution >= 4 is 5.69 Å². The van der Waals surface area contributed by atoms with Crippen molar-refractivity contribution in [1.82, 2.24) is 0 Å². The molecular weight excluding hydrogens is 178 g/mol. The molecule has 78 valence electrons. The van der Waals surface area contributed by atoms with Crippen molar-refractivity contribution in [3.63, 3.8) is 0 Å². The molecule has 2 N–H and O–H groups in total. The van der Waals surface area contributed by atoms with Crippen LogP contribution in [0.2, 0.25) is 0 Å². The van der Waals surface area contributed by atoms with Crippen LogP contribution in [-0.4, -0.2) is 12.7 Å². The SMILES string of the molecule is COc1cc(N)ccc1OC(C)(C)C. The van der Waals surface area contributed by atoms with Gasteiger partial charge in [-0.15, -0.1) is 0 Å². The minimum absolute atomic E-state index is 0.233. The molecule has 14 heavy (non-hydrogen) atoms.